The second-order valence-electron chi connectivity index (χ2n) is 6.98. The van der Waals surface area contributed by atoms with Crippen LogP contribution in [0.25, 0.3) is 5.82 Å². The van der Waals surface area contributed by atoms with Gasteiger partial charge in [0, 0.05) is 24.1 Å². The van der Waals surface area contributed by atoms with Crippen molar-refractivity contribution < 1.29 is 14.3 Å². The van der Waals surface area contributed by atoms with Crippen LogP contribution >= 0.6 is 0 Å². The molecule has 0 atom stereocenters. The lowest BCUT2D eigenvalue weighted by Crippen LogP contribution is -2.20. The number of nitrogens with one attached hydrogen (secondary N) is 1. The molecule has 4 rings (SSSR count). The van der Waals surface area contributed by atoms with Crippen molar-refractivity contribution in [2.75, 3.05) is 11.9 Å². The monoisotopic (exact) mass is 414 g/mol. The number of nitrogens with zero attached hydrogens (tertiary/aromatic N) is 3. The largest absolute Gasteiger partial charge is 0.484 e. The fourth-order valence-electron chi connectivity index (χ4n) is 2.98. The average molecular weight is 414 g/mol. The van der Waals surface area contributed by atoms with Crippen LogP contribution in [0.1, 0.15) is 11.4 Å². The number of hydrogen-bond donors (Lipinski definition) is 1. The highest BCUT2D eigenvalue weighted by Crippen LogP contribution is 2.23. The summed E-state index contributed by atoms with van der Waals surface area (Å²) >= 11 is 0. The van der Waals surface area contributed by atoms with Gasteiger partial charge in [0.1, 0.15) is 23.1 Å². The smallest absolute Gasteiger partial charge is 0.262 e. The lowest BCUT2D eigenvalue weighted by Gasteiger charge is -2.10. The molecule has 1 amide bonds. The van der Waals surface area contributed by atoms with E-state index in [0.717, 1.165) is 11.4 Å². The van der Waals surface area contributed by atoms with Crippen molar-refractivity contribution in [2.24, 2.45) is 0 Å². The summed E-state index contributed by atoms with van der Waals surface area (Å²) in [6.07, 6.45) is 3.82. The van der Waals surface area contributed by atoms with Crippen molar-refractivity contribution in [3.8, 4) is 23.2 Å². The Morgan fingerprint density at radius 2 is 1.71 bits per heavy atom. The first-order chi connectivity index (χ1) is 15.0. The van der Waals surface area contributed by atoms with Gasteiger partial charge in [0.05, 0.1) is 0 Å². The number of rotatable bonds is 7. The number of ether oxygens (including phenoxy) is 2. The van der Waals surface area contributed by atoms with Gasteiger partial charge in [-0.3, -0.25) is 4.79 Å². The van der Waals surface area contributed by atoms with E-state index < -0.39 is 0 Å². The van der Waals surface area contributed by atoms with Gasteiger partial charge >= 0.3 is 0 Å². The Hall–Kier alpha value is -4.13. The summed E-state index contributed by atoms with van der Waals surface area (Å²) in [5.41, 5.74) is 1.73. The minimum atomic E-state index is -0.238. The zero-order chi connectivity index (χ0) is 21.6. The molecule has 0 spiro atoms. The first-order valence-corrected chi connectivity index (χ1v) is 9.81. The topological polar surface area (TPSA) is 78.3 Å². The lowest BCUT2D eigenvalue weighted by molar-refractivity contribution is -0.118. The van der Waals surface area contributed by atoms with Crippen molar-refractivity contribution in [3.63, 3.8) is 0 Å². The third kappa shape index (κ3) is 5.48. The number of aryl methyl sites for hydroxylation is 2. The van der Waals surface area contributed by atoms with Crippen LogP contribution in [0.3, 0.4) is 0 Å². The normalized spacial score (nSPS) is 10.5. The number of carbonyl (C=O) groups is 1. The van der Waals surface area contributed by atoms with Crippen LogP contribution in [-0.4, -0.2) is 27.0 Å². The van der Waals surface area contributed by atoms with E-state index in [0.29, 0.717) is 28.9 Å². The molecule has 0 aliphatic heterocycles. The second kappa shape index (κ2) is 9.13. The summed E-state index contributed by atoms with van der Waals surface area (Å²) in [6.45, 7) is 3.72. The highest BCUT2D eigenvalue weighted by molar-refractivity contribution is 5.91. The molecule has 0 aliphatic carbocycles. The molecule has 0 radical (unpaired) electrons. The molecule has 156 valence electrons. The molecule has 7 nitrogen and oxygen atoms in total. The summed E-state index contributed by atoms with van der Waals surface area (Å²) in [6, 6.07) is 20.3. The van der Waals surface area contributed by atoms with Gasteiger partial charge in [0.15, 0.2) is 6.61 Å². The zero-order valence-corrected chi connectivity index (χ0v) is 17.3. The summed E-state index contributed by atoms with van der Waals surface area (Å²) < 4.78 is 13.3. The standard InChI is InChI=1S/C24H22N4O3/c1-17-6-5-7-21(14-17)30-16-23(29)27-19-8-10-20(11-9-19)31-24-15-22(25-18(2)26-24)28-12-3-4-13-28/h3-15H,16H2,1-2H3,(H,27,29). The molecule has 2 aromatic carbocycles. The summed E-state index contributed by atoms with van der Waals surface area (Å²) in [5, 5.41) is 2.81. The SMILES string of the molecule is Cc1cccc(OCC(=O)Nc2ccc(Oc3cc(-n4cccc4)nc(C)n3)cc2)c1. The number of anilines is 1. The van der Waals surface area contributed by atoms with Crippen LogP contribution < -0.4 is 14.8 Å². The molecule has 4 aromatic rings. The van der Waals surface area contributed by atoms with Crippen LogP contribution in [0, 0.1) is 13.8 Å². The molecule has 2 heterocycles. The molecule has 0 saturated carbocycles. The van der Waals surface area contributed by atoms with Crippen LogP contribution in [-0.2, 0) is 4.79 Å². The Bertz CT molecular complexity index is 1170. The van der Waals surface area contributed by atoms with Crippen LogP contribution in [0.5, 0.6) is 17.4 Å². The van der Waals surface area contributed by atoms with Gasteiger partial charge in [-0.05, 0) is 67.9 Å². The number of carbonyl (C=O) groups excluding carboxylic acids is 1. The van der Waals surface area contributed by atoms with Gasteiger partial charge < -0.3 is 19.4 Å². The summed E-state index contributed by atoms with van der Waals surface area (Å²) in [5.74, 6) is 2.81. The Kier molecular flexibility index (Phi) is 5.93. The Morgan fingerprint density at radius 3 is 2.45 bits per heavy atom. The van der Waals surface area contributed by atoms with Crippen molar-refractivity contribution in [3.05, 3.63) is 90.5 Å². The van der Waals surface area contributed by atoms with Gasteiger partial charge in [-0.25, -0.2) is 4.98 Å². The van der Waals surface area contributed by atoms with E-state index in [1.54, 1.807) is 30.3 Å². The fraction of sp³-hybridized carbons (Fsp3) is 0.125. The minimum Gasteiger partial charge on any atom is -0.484 e. The molecule has 7 heteroatoms. The maximum Gasteiger partial charge on any atom is 0.262 e. The number of amides is 1. The Morgan fingerprint density at radius 1 is 0.935 bits per heavy atom. The molecular weight excluding hydrogens is 392 g/mol. The van der Waals surface area contributed by atoms with E-state index in [4.69, 9.17) is 9.47 Å². The predicted octanol–water partition coefficient (Wildman–Crippen LogP) is 4.69. The maximum atomic E-state index is 12.1. The first-order valence-electron chi connectivity index (χ1n) is 9.81. The molecule has 0 bridgehead atoms. The average Bonchev–Trinajstić information content (AvgIpc) is 3.28. The molecule has 31 heavy (non-hydrogen) atoms. The number of hydrogen-bond acceptors (Lipinski definition) is 5. The first kappa shape index (κ1) is 20.2. The van der Waals surface area contributed by atoms with E-state index in [1.165, 1.54) is 0 Å². The molecule has 0 aliphatic rings. The molecular formula is C24H22N4O3. The summed E-state index contributed by atoms with van der Waals surface area (Å²) in [4.78, 5) is 20.9. The Balaban J connectivity index is 1.36. The maximum absolute atomic E-state index is 12.1. The second-order valence-corrected chi connectivity index (χ2v) is 6.98. The third-order valence-corrected chi connectivity index (χ3v) is 4.39. The van der Waals surface area contributed by atoms with Gasteiger partial charge in [0.2, 0.25) is 5.88 Å². The van der Waals surface area contributed by atoms with Crippen LogP contribution in [0.2, 0.25) is 0 Å². The predicted molar refractivity (Wildman–Crippen MR) is 118 cm³/mol. The van der Waals surface area contributed by atoms with E-state index >= 15 is 0 Å². The number of aromatic nitrogens is 3. The van der Waals surface area contributed by atoms with E-state index in [1.807, 2.05) is 67.2 Å². The van der Waals surface area contributed by atoms with Gasteiger partial charge in [-0.15, -0.1) is 0 Å². The third-order valence-electron chi connectivity index (χ3n) is 4.39. The van der Waals surface area contributed by atoms with Gasteiger partial charge in [-0.2, -0.15) is 4.98 Å². The minimum absolute atomic E-state index is 0.0654. The molecule has 0 unspecified atom stereocenters. The van der Waals surface area contributed by atoms with E-state index in [9.17, 15) is 4.79 Å². The van der Waals surface area contributed by atoms with Crippen molar-refractivity contribution >= 4 is 11.6 Å². The van der Waals surface area contributed by atoms with Crippen molar-refractivity contribution in [1.82, 2.24) is 14.5 Å². The van der Waals surface area contributed by atoms with Crippen molar-refractivity contribution in [1.29, 1.82) is 0 Å². The zero-order valence-electron chi connectivity index (χ0n) is 17.3. The Labute approximate surface area is 180 Å². The number of benzene rings is 2. The highest BCUT2D eigenvalue weighted by atomic mass is 16.5. The molecule has 1 N–H and O–H groups in total. The van der Waals surface area contributed by atoms with Gasteiger partial charge in [-0.1, -0.05) is 12.1 Å². The van der Waals surface area contributed by atoms with Crippen LogP contribution in [0.15, 0.2) is 79.1 Å². The van der Waals surface area contributed by atoms with Gasteiger partial charge in [0.25, 0.3) is 5.91 Å². The highest BCUT2D eigenvalue weighted by Gasteiger charge is 2.07. The molecule has 2 aromatic heterocycles. The summed E-state index contributed by atoms with van der Waals surface area (Å²) in [7, 11) is 0. The van der Waals surface area contributed by atoms with E-state index in [-0.39, 0.29) is 12.5 Å². The fourth-order valence-corrected chi connectivity index (χ4v) is 2.98. The molecule has 0 saturated heterocycles. The lowest BCUT2D eigenvalue weighted by atomic mass is 10.2. The van der Waals surface area contributed by atoms with Crippen LogP contribution in [0.4, 0.5) is 5.69 Å². The van der Waals surface area contributed by atoms with Crippen molar-refractivity contribution in [2.45, 2.75) is 13.8 Å². The van der Waals surface area contributed by atoms with E-state index in [2.05, 4.69) is 15.3 Å². The molecule has 0 fully saturated rings. The quantitative estimate of drug-likeness (QED) is 0.474.